The Hall–Kier alpha value is -2.16. The summed E-state index contributed by atoms with van der Waals surface area (Å²) in [4.78, 5) is 9.03. The summed E-state index contributed by atoms with van der Waals surface area (Å²) < 4.78 is 2.41. The smallest absolute Gasteiger partial charge is 0.0694 e. The van der Waals surface area contributed by atoms with Gasteiger partial charge in [-0.05, 0) is 61.6 Å². The molecule has 0 spiro atoms. The molecule has 0 fully saturated rings. The Morgan fingerprint density at radius 3 is 2.83 bits per heavy atom. The lowest BCUT2D eigenvalue weighted by Crippen LogP contribution is -2.13. The zero-order chi connectivity index (χ0) is 16.1. The number of nitrogens with zero attached hydrogens (tertiary/aromatic N) is 3. The van der Waals surface area contributed by atoms with Crippen molar-refractivity contribution in [2.75, 3.05) is 6.54 Å². The van der Waals surface area contributed by atoms with Crippen LogP contribution in [0.3, 0.4) is 0 Å². The van der Waals surface area contributed by atoms with Gasteiger partial charge in [-0.2, -0.15) is 0 Å². The lowest BCUT2D eigenvalue weighted by atomic mass is 9.96. The summed E-state index contributed by atoms with van der Waals surface area (Å²) in [6.07, 6.45) is 12.8. The summed E-state index contributed by atoms with van der Waals surface area (Å²) in [5.74, 6) is 0. The molecule has 3 heterocycles. The van der Waals surface area contributed by atoms with Crippen LogP contribution in [0.25, 0.3) is 6.08 Å². The van der Waals surface area contributed by atoms with Crippen LogP contribution < -0.4 is 0 Å². The maximum Gasteiger partial charge on any atom is 0.0694 e. The van der Waals surface area contributed by atoms with Crippen LogP contribution in [0.5, 0.6) is 0 Å². The first-order valence-electron chi connectivity index (χ1n) is 8.66. The average molecular weight is 307 g/mol. The van der Waals surface area contributed by atoms with Crippen LogP contribution in [0.4, 0.5) is 0 Å². The third-order valence-electron chi connectivity index (χ3n) is 4.58. The number of aromatic nitrogens is 2. The quantitative estimate of drug-likeness (QED) is 0.772. The van der Waals surface area contributed by atoms with Gasteiger partial charge in [0.1, 0.15) is 0 Å². The van der Waals surface area contributed by atoms with Crippen molar-refractivity contribution in [1.82, 2.24) is 9.55 Å². The van der Waals surface area contributed by atoms with E-state index in [1.54, 1.807) is 0 Å². The molecule has 2 aromatic rings. The third kappa shape index (κ3) is 3.44. The van der Waals surface area contributed by atoms with Gasteiger partial charge < -0.3 is 4.57 Å². The SMILES string of the molecule is CCC(CC)n1cccc1C=C1CCCN=C1c1cccnc1. The van der Waals surface area contributed by atoms with Crippen LogP contribution in [0.2, 0.25) is 0 Å². The fraction of sp³-hybridized carbons (Fsp3) is 0.400. The predicted octanol–water partition coefficient (Wildman–Crippen LogP) is 4.91. The summed E-state index contributed by atoms with van der Waals surface area (Å²) >= 11 is 0. The Morgan fingerprint density at radius 1 is 1.22 bits per heavy atom. The zero-order valence-electron chi connectivity index (χ0n) is 14.1. The van der Waals surface area contributed by atoms with E-state index in [1.165, 1.54) is 11.3 Å². The Kier molecular flexibility index (Phi) is 5.06. The molecule has 0 atom stereocenters. The Labute approximate surface area is 138 Å². The molecule has 1 aliphatic rings. The molecular weight excluding hydrogens is 282 g/mol. The van der Waals surface area contributed by atoms with Crippen molar-refractivity contribution in [1.29, 1.82) is 0 Å². The highest BCUT2D eigenvalue weighted by Crippen LogP contribution is 2.25. The minimum absolute atomic E-state index is 0.569. The molecule has 0 unspecified atom stereocenters. The minimum Gasteiger partial charge on any atom is -0.345 e. The molecule has 3 heteroatoms. The first kappa shape index (κ1) is 15.7. The van der Waals surface area contributed by atoms with Crippen molar-refractivity contribution >= 4 is 11.8 Å². The van der Waals surface area contributed by atoms with Crippen LogP contribution in [0, 0.1) is 0 Å². The van der Waals surface area contributed by atoms with Gasteiger partial charge in [-0.15, -0.1) is 0 Å². The summed E-state index contributed by atoms with van der Waals surface area (Å²) in [5.41, 5.74) is 4.85. The molecule has 3 nitrogen and oxygen atoms in total. The maximum absolute atomic E-state index is 4.78. The minimum atomic E-state index is 0.569. The Morgan fingerprint density at radius 2 is 2.09 bits per heavy atom. The molecule has 120 valence electrons. The second kappa shape index (κ2) is 7.40. The van der Waals surface area contributed by atoms with E-state index in [-0.39, 0.29) is 0 Å². The summed E-state index contributed by atoms with van der Waals surface area (Å²) in [6.45, 7) is 5.43. The van der Waals surface area contributed by atoms with Crippen molar-refractivity contribution < 1.29 is 0 Å². The van der Waals surface area contributed by atoms with Crippen molar-refractivity contribution in [2.45, 2.75) is 45.6 Å². The summed E-state index contributed by atoms with van der Waals surface area (Å²) in [5, 5.41) is 0. The molecule has 0 radical (unpaired) electrons. The van der Waals surface area contributed by atoms with Crippen molar-refractivity contribution in [3.63, 3.8) is 0 Å². The van der Waals surface area contributed by atoms with E-state index >= 15 is 0 Å². The van der Waals surface area contributed by atoms with Gasteiger partial charge in [0.2, 0.25) is 0 Å². The van der Waals surface area contributed by atoms with Crippen LogP contribution >= 0.6 is 0 Å². The molecule has 0 saturated heterocycles. The highest BCUT2D eigenvalue weighted by Gasteiger charge is 2.16. The standard InChI is InChI=1S/C20H25N3/c1-3-18(4-2)23-13-7-10-19(23)14-16-8-6-12-22-20(16)17-9-5-11-21-15-17/h5,7,9-11,13-15,18H,3-4,6,8,12H2,1-2H3. The van der Waals surface area contributed by atoms with Crippen LogP contribution in [0.15, 0.2) is 53.4 Å². The molecule has 0 saturated carbocycles. The molecule has 2 aromatic heterocycles. The molecule has 23 heavy (non-hydrogen) atoms. The van der Waals surface area contributed by atoms with Crippen molar-refractivity contribution in [3.05, 3.63) is 59.7 Å². The number of hydrogen-bond acceptors (Lipinski definition) is 2. The molecule has 3 rings (SSSR count). The molecule has 0 aliphatic carbocycles. The van der Waals surface area contributed by atoms with Gasteiger partial charge in [0.05, 0.1) is 5.71 Å². The number of allylic oxidation sites excluding steroid dienone is 1. The van der Waals surface area contributed by atoms with E-state index < -0.39 is 0 Å². The molecule has 0 aromatic carbocycles. The van der Waals surface area contributed by atoms with E-state index in [0.29, 0.717) is 6.04 Å². The number of aliphatic imine (C=N–C) groups is 1. The molecular formula is C20H25N3. The summed E-state index contributed by atoms with van der Waals surface area (Å²) in [7, 11) is 0. The summed E-state index contributed by atoms with van der Waals surface area (Å²) in [6, 6.07) is 9.01. The fourth-order valence-corrected chi connectivity index (χ4v) is 3.32. The van der Waals surface area contributed by atoms with Gasteiger partial charge in [-0.3, -0.25) is 9.98 Å². The van der Waals surface area contributed by atoms with Gasteiger partial charge >= 0.3 is 0 Å². The van der Waals surface area contributed by atoms with Crippen LogP contribution in [-0.2, 0) is 0 Å². The number of pyridine rings is 1. The Balaban J connectivity index is 1.97. The fourth-order valence-electron chi connectivity index (χ4n) is 3.32. The van der Waals surface area contributed by atoms with E-state index in [9.17, 15) is 0 Å². The van der Waals surface area contributed by atoms with Crippen LogP contribution in [-0.4, -0.2) is 21.8 Å². The van der Waals surface area contributed by atoms with E-state index in [2.05, 4.69) is 53.9 Å². The first-order valence-corrected chi connectivity index (χ1v) is 8.66. The maximum atomic E-state index is 4.78. The van der Waals surface area contributed by atoms with Gasteiger partial charge in [0.15, 0.2) is 0 Å². The molecule has 0 amide bonds. The Bertz CT molecular complexity index is 691. The van der Waals surface area contributed by atoms with Gasteiger partial charge in [-0.1, -0.05) is 13.8 Å². The van der Waals surface area contributed by atoms with Crippen LogP contribution in [0.1, 0.15) is 56.8 Å². The molecule has 0 bridgehead atoms. The second-order valence-corrected chi connectivity index (χ2v) is 6.06. The van der Waals surface area contributed by atoms with Gasteiger partial charge in [0.25, 0.3) is 0 Å². The zero-order valence-corrected chi connectivity index (χ0v) is 14.1. The van der Waals surface area contributed by atoms with E-state index in [0.717, 1.165) is 43.5 Å². The first-order chi connectivity index (χ1) is 11.3. The molecule has 0 N–H and O–H groups in total. The van der Waals surface area contributed by atoms with Crippen molar-refractivity contribution in [3.8, 4) is 0 Å². The van der Waals surface area contributed by atoms with E-state index in [4.69, 9.17) is 4.99 Å². The number of hydrogen-bond donors (Lipinski definition) is 0. The monoisotopic (exact) mass is 307 g/mol. The van der Waals surface area contributed by atoms with E-state index in [1.807, 2.05) is 18.5 Å². The molecule has 1 aliphatic heterocycles. The van der Waals surface area contributed by atoms with Crippen molar-refractivity contribution in [2.24, 2.45) is 4.99 Å². The number of rotatable bonds is 5. The highest BCUT2D eigenvalue weighted by molar-refractivity contribution is 6.15. The third-order valence-corrected chi connectivity index (χ3v) is 4.58. The van der Waals surface area contributed by atoms with Gasteiger partial charge in [0, 0.05) is 42.4 Å². The van der Waals surface area contributed by atoms with Gasteiger partial charge in [-0.25, -0.2) is 0 Å². The second-order valence-electron chi connectivity index (χ2n) is 6.06. The lowest BCUT2D eigenvalue weighted by molar-refractivity contribution is 0.471. The highest BCUT2D eigenvalue weighted by atomic mass is 15.0. The lowest BCUT2D eigenvalue weighted by Gasteiger charge is -2.20. The topological polar surface area (TPSA) is 30.2 Å². The normalized spacial score (nSPS) is 16.8. The average Bonchev–Trinajstić information content (AvgIpc) is 3.05. The predicted molar refractivity (Wildman–Crippen MR) is 96.9 cm³/mol. The largest absolute Gasteiger partial charge is 0.345 e.